The topological polar surface area (TPSA) is 80.0 Å². The van der Waals surface area contributed by atoms with Crippen LogP contribution < -0.4 is 10.6 Å². The van der Waals surface area contributed by atoms with Crippen LogP contribution in [-0.2, 0) is 0 Å². The van der Waals surface area contributed by atoms with E-state index in [0.29, 0.717) is 5.65 Å². The molecule has 1 saturated carbocycles. The van der Waals surface area contributed by atoms with E-state index in [0.717, 1.165) is 31.4 Å². The van der Waals surface area contributed by atoms with Crippen molar-refractivity contribution in [3.63, 3.8) is 0 Å². The van der Waals surface area contributed by atoms with Crippen LogP contribution in [0.1, 0.15) is 19.3 Å². The van der Waals surface area contributed by atoms with Crippen molar-refractivity contribution in [1.82, 2.24) is 30.6 Å². The molecule has 0 aliphatic heterocycles. The lowest BCUT2D eigenvalue weighted by atomic mass is 10.4. The van der Waals surface area contributed by atoms with Crippen LogP contribution in [0.4, 0.5) is 5.82 Å². The molecule has 2 aromatic rings. The standard InChI is InChI=1S/C10H15N7/c1(6-11-8-2-3-8)7-12-9-4-5-10-13-15-16-17(10)14-9/h4-5,8,11H,1-3,6-7H2,(H,12,14). The maximum atomic E-state index is 4.23. The first-order chi connectivity index (χ1) is 8.42. The van der Waals surface area contributed by atoms with Crippen LogP contribution in [0.3, 0.4) is 0 Å². The van der Waals surface area contributed by atoms with Gasteiger partial charge in [-0.2, -0.15) is 0 Å². The third-order valence-electron chi connectivity index (χ3n) is 2.74. The fourth-order valence-electron chi connectivity index (χ4n) is 1.64. The second-order valence-corrected chi connectivity index (χ2v) is 4.25. The fraction of sp³-hybridized carbons (Fsp3) is 0.600. The highest BCUT2D eigenvalue weighted by molar-refractivity contribution is 5.41. The third kappa shape index (κ3) is 2.68. The van der Waals surface area contributed by atoms with E-state index in [4.69, 9.17) is 0 Å². The molecule has 2 N–H and O–H groups in total. The SMILES string of the molecule is c1cc2nnnn2nc1NCCCNC1CC1. The van der Waals surface area contributed by atoms with Crippen LogP contribution in [0.5, 0.6) is 0 Å². The van der Waals surface area contributed by atoms with E-state index in [1.807, 2.05) is 12.1 Å². The van der Waals surface area contributed by atoms with Crippen molar-refractivity contribution in [2.24, 2.45) is 0 Å². The molecule has 0 unspecified atom stereocenters. The lowest BCUT2D eigenvalue weighted by Gasteiger charge is -2.05. The second-order valence-electron chi connectivity index (χ2n) is 4.25. The number of tetrazole rings is 1. The maximum Gasteiger partial charge on any atom is 0.200 e. The van der Waals surface area contributed by atoms with Crippen molar-refractivity contribution >= 4 is 11.5 Å². The van der Waals surface area contributed by atoms with Gasteiger partial charge in [0.2, 0.25) is 0 Å². The monoisotopic (exact) mass is 233 g/mol. The van der Waals surface area contributed by atoms with Gasteiger partial charge < -0.3 is 10.6 Å². The average Bonchev–Trinajstić information content (AvgIpc) is 3.05. The molecule has 0 amide bonds. The maximum absolute atomic E-state index is 4.23. The summed E-state index contributed by atoms with van der Waals surface area (Å²) in [5, 5.41) is 22.0. The van der Waals surface area contributed by atoms with Crippen molar-refractivity contribution in [2.45, 2.75) is 25.3 Å². The number of hydrogen-bond donors (Lipinski definition) is 2. The lowest BCUT2D eigenvalue weighted by Crippen LogP contribution is -2.20. The van der Waals surface area contributed by atoms with Gasteiger partial charge in [0.05, 0.1) is 0 Å². The minimum Gasteiger partial charge on any atom is -0.369 e. The number of aromatic nitrogens is 5. The summed E-state index contributed by atoms with van der Waals surface area (Å²) < 4.78 is 1.42. The number of fused-ring (bicyclic) bond motifs is 1. The predicted molar refractivity (Wildman–Crippen MR) is 62.7 cm³/mol. The Hall–Kier alpha value is -1.76. The Morgan fingerprint density at radius 2 is 2.24 bits per heavy atom. The van der Waals surface area contributed by atoms with E-state index in [9.17, 15) is 0 Å². The summed E-state index contributed by atoms with van der Waals surface area (Å²) in [5.41, 5.74) is 0.658. The van der Waals surface area contributed by atoms with E-state index >= 15 is 0 Å². The summed E-state index contributed by atoms with van der Waals surface area (Å²) >= 11 is 0. The van der Waals surface area contributed by atoms with Gasteiger partial charge in [-0.05, 0) is 48.4 Å². The zero-order valence-electron chi connectivity index (χ0n) is 9.50. The molecule has 1 fully saturated rings. The van der Waals surface area contributed by atoms with Gasteiger partial charge >= 0.3 is 0 Å². The number of anilines is 1. The summed E-state index contributed by atoms with van der Waals surface area (Å²) in [4.78, 5) is 0. The van der Waals surface area contributed by atoms with E-state index in [1.165, 1.54) is 17.5 Å². The first-order valence-corrected chi connectivity index (χ1v) is 5.94. The molecule has 0 spiro atoms. The first-order valence-electron chi connectivity index (χ1n) is 5.94. The number of nitrogens with zero attached hydrogens (tertiary/aromatic N) is 5. The summed E-state index contributed by atoms with van der Waals surface area (Å²) in [6, 6.07) is 4.52. The molecule has 2 aromatic heterocycles. The third-order valence-corrected chi connectivity index (χ3v) is 2.74. The first kappa shape index (κ1) is 10.4. The van der Waals surface area contributed by atoms with E-state index in [1.54, 1.807) is 0 Å². The van der Waals surface area contributed by atoms with Crippen molar-refractivity contribution in [1.29, 1.82) is 0 Å². The largest absolute Gasteiger partial charge is 0.369 e. The highest BCUT2D eigenvalue weighted by atomic mass is 15.6. The molecular weight excluding hydrogens is 218 g/mol. The number of rotatable bonds is 6. The summed E-state index contributed by atoms with van der Waals surface area (Å²) in [5.74, 6) is 0.802. The molecule has 0 atom stereocenters. The van der Waals surface area contributed by atoms with Crippen LogP contribution in [-0.4, -0.2) is 44.4 Å². The van der Waals surface area contributed by atoms with E-state index < -0.39 is 0 Å². The Kier molecular flexibility index (Phi) is 2.83. The van der Waals surface area contributed by atoms with E-state index in [-0.39, 0.29) is 0 Å². The van der Waals surface area contributed by atoms with Crippen molar-refractivity contribution in [3.05, 3.63) is 12.1 Å². The minimum absolute atomic E-state index is 0.658. The average molecular weight is 233 g/mol. The molecule has 7 heteroatoms. The summed E-state index contributed by atoms with van der Waals surface area (Å²) in [6.07, 6.45) is 3.77. The summed E-state index contributed by atoms with van der Waals surface area (Å²) in [6.45, 7) is 1.96. The molecule has 0 aromatic carbocycles. The second kappa shape index (κ2) is 4.62. The van der Waals surface area contributed by atoms with E-state index in [2.05, 4.69) is 31.3 Å². The van der Waals surface area contributed by atoms with Crippen LogP contribution >= 0.6 is 0 Å². The fourth-order valence-corrected chi connectivity index (χ4v) is 1.64. The Labute approximate surface area is 98.6 Å². The van der Waals surface area contributed by atoms with Crippen molar-refractivity contribution < 1.29 is 0 Å². The molecule has 2 heterocycles. The van der Waals surface area contributed by atoms with Gasteiger partial charge in [0, 0.05) is 12.6 Å². The Balaban J connectivity index is 1.46. The number of hydrogen-bond acceptors (Lipinski definition) is 6. The molecule has 1 aliphatic carbocycles. The highest BCUT2D eigenvalue weighted by Gasteiger charge is 2.19. The Morgan fingerprint density at radius 1 is 1.29 bits per heavy atom. The van der Waals surface area contributed by atoms with Crippen LogP contribution in [0.25, 0.3) is 5.65 Å². The van der Waals surface area contributed by atoms with Crippen LogP contribution in [0.15, 0.2) is 12.1 Å². The van der Waals surface area contributed by atoms with Gasteiger partial charge in [-0.3, -0.25) is 0 Å². The van der Waals surface area contributed by atoms with Crippen LogP contribution in [0, 0.1) is 0 Å². The zero-order valence-corrected chi connectivity index (χ0v) is 9.50. The normalized spacial score (nSPS) is 15.3. The molecule has 17 heavy (non-hydrogen) atoms. The van der Waals surface area contributed by atoms with Crippen LogP contribution in [0.2, 0.25) is 0 Å². The highest BCUT2D eigenvalue weighted by Crippen LogP contribution is 2.18. The number of nitrogens with one attached hydrogen (secondary N) is 2. The Morgan fingerprint density at radius 3 is 3.12 bits per heavy atom. The van der Waals surface area contributed by atoms with Gasteiger partial charge in [0.25, 0.3) is 0 Å². The molecule has 7 nitrogen and oxygen atoms in total. The van der Waals surface area contributed by atoms with Gasteiger partial charge in [-0.15, -0.1) is 14.8 Å². The lowest BCUT2D eigenvalue weighted by molar-refractivity contribution is 0.657. The molecular formula is C10H15N7. The predicted octanol–water partition coefficient (Wildman–Crippen LogP) is 0.0733. The van der Waals surface area contributed by atoms with Gasteiger partial charge in [-0.25, -0.2) is 0 Å². The van der Waals surface area contributed by atoms with Crippen molar-refractivity contribution in [3.8, 4) is 0 Å². The van der Waals surface area contributed by atoms with Gasteiger partial charge in [-0.1, -0.05) is 0 Å². The van der Waals surface area contributed by atoms with Gasteiger partial charge in [0.15, 0.2) is 5.65 Å². The van der Waals surface area contributed by atoms with Crippen molar-refractivity contribution in [2.75, 3.05) is 18.4 Å². The minimum atomic E-state index is 0.658. The molecule has 90 valence electrons. The summed E-state index contributed by atoms with van der Waals surface area (Å²) in [7, 11) is 0. The molecule has 3 rings (SSSR count). The quantitative estimate of drug-likeness (QED) is 0.687. The molecule has 1 aliphatic rings. The molecule has 0 saturated heterocycles. The molecule has 0 bridgehead atoms. The van der Waals surface area contributed by atoms with Gasteiger partial charge in [0.1, 0.15) is 5.82 Å². The Bertz CT molecular complexity index is 490. The molecule has 0 radical (unpaired) electrons. The smallest absolute Gasteiger partial charge is 0.200 e. The zero-order chi connectivity index (χ0) is 11.5.